The van der Waals surface area contributed by atoms with Crippen LogP contribution in [0.3, 0.4) is 0 Å². The molecular formula is C26H33ClN6. The van der Waals surface area contributed by atoms with E-state index in [4.69, 9.17) is 21.6 Å². The maximum atomic E-state index is 7.17. The zero-order valence-electron chi connectivity index (χ0n) is 19.8. The van der Waals surface area contributed by atoms with Crippen LogP contribution in [0.4, 0.5) is 5.82 Å². The van der Waals surface area contributed by atoms with Crippen LogP contribution in [-0.4, -0.2) is 63.4 Å². The maximum absolute atomic E-state index is 7.17. The number of anilines is 1. The summed E-state index contributed by atoms with van der Waals surface area (Å²) < 4.78 is 2.21. The number of halogens is 1. The molecule has 0 saturated carbocycles. The molecule has 2 unspecified atom stereocenters. The molecule has 4 atom stereocenters. The van der Waals surface area contributed by atoms with Crippen LogP contribution in [0.1, 0.15) is 61.1 Å². The Bertz CT molecular complexity index is 1160. The number of piperidine rings is 1. The van der Waals surface area contributed by atoms with E-state index in [1.807, 2.05) is 12.3 Å². The van der Waals surface area contributed by atoms with Crippen LogP contribution in [0.5, 0.6) is 0 Å². The quantitative estimate of drug-likeness (QED) is 0.553. The number of aryl methyl sites for hydroxylation is 1. The number of nitrogens with zero attached hydrogens (tertiary/aromatic N) is 6. The first-order valence-corrected chi connectivity index (χ1v) is 12.7. The molecule has 0 spiro atoms. The van der Waals surface area contributed by atoms with Crippen molar-refractivity contribution < 1.29 is 0 Å². The zero-order chi connectivity index (χ0) is 22.7. The van der Waals surface area contributed by atoms with E-state index >= 15 is 0 Å². The Labute approximate surface area is 201 Å². The summed E-state index contributed by atoms with van der Waals surface area (Å²) in [6.45, 7) is 4.39. The molecule has 6 heterocycles. The summed E-state index contributed by atoms with van der Waals surface area (Å²) in [4.78, 5) is 17.4. The van der Waals surface area contributed by atoms with Crippen LogP contribution >= 0.6 is 11.6 Å². The maximum Gasteiger partial charge on any atom is 0.139 e. The lowest BCUT2D eigenvalue weighted by molar-refractivity contribution is 0.109. The van der Waals surface area contributed by atoms with Gasteiger partial charge in [0.05, 0.1) is 23.5 Å². The molecule has 0 aliphatic carbocycles. The predicted molar refractivity (Wildman–Crippen MR) is 133 cm³/mol. The highest BCUT2D eigenvalue weighted by Crippen LogP contribution is 2.43. The third-order valence-corrected chi connectivity index (χ3v) is 8.50. The fraction of sp³-hybridized carbons (Fsp3) is 0.538. The molecule has 0 N–H and O–H groups in total. The molecule has 3 aliphatic heterocycles. The second-order valence-corrected chi connectivity index (χ2v) is 10.6. The number of piperazine rings is 1. The minimum Gasteiger partial charge on any atom is -0.349 e. The van der Waals surface area contributed by atoms with Crippen molar-refractivity contribution in [1.82, 2.24) is 24.2 Å². The highest BCUT2D eigenvalue weighted by molar-refractivity contribution is 6.30. The molecule has 2 bridgehead atoms. The van der Waals surface area contributed by atoms with Gasteiger partial charge in [0.1, 0.15) is 16.6 Å². The van der Waals surface area contributed by atoms with Crippen molar-refractivity contribution in [3.8, 4) is 0 Å². The van der Waals surface area contributed by atoms with Gasteiger partial charge in [0.2, 0.25) is 0 Å². The highest BCUT2D eigenvalue weighted by atomic mass is 35.5. The van der Waals surface area contributed by atoms with Crippen molar-refractivity contribution in [2.75, 3.05) is 32.1 Å². The first-order chi connectivity index (χ1) is 16.0. The fourth-order valence-electron chi connectivity index (χ4n) is 6.60. The molecular weight excluding hydrogens is 432 g/mol. The number of imidazole rings is 1. The van der Waals surface area contributed by atoms with E-state index < -0.39 is 0 Å². The molecule has 6 nitrogen and oxygen atoms in total. The summed E-state index contributed by atoms with van der Waals surface area (Å²) in [5.74, 6) is 1.20. The summed E-state index contributed by atoms with van der Waals surface area (Å²) in [7, 11) is 4.45. The first-order valence-electron chi connectivity index (χ1n) is 12.3. The van der Waals surface area contributed by atoms with Gasteiger partial charge in [-0.05, 0) is 76.9 Å². The molecule has 3 aliphatic rings. The van der Waals surface area contributed by atoms with Gasteiger partial charge in [0, 0.05) is 31.4 Å². The van der Waals surface area contributed by atoms with Gasteiger partial charge in [-0.15, -0.1) is 0 Å². The summed E-state index contributed by atoms with van der Waals surface area (Å²) in [6.07, 6.45) is 7.75. The van der Waals surface area contributed by atoms with E-state index in [2.05, 4.69) is 64.4 Å². The Balaban J connectivity index is 1.39. The molecule has 3 saturated heterocycles. The number of fused-ring (bicyclic) bond motifs is 3. The summed E-state index contributed by atoms with van der Waals surface area (Å²) in [6, 6.07) is 12.2. The van der Waals surface area contributed by atoms with Crippen molar-refractivity contribution in [2.45, 2.75) is 63.2 Å². The number of rotatable bonds is 3. The smallest absolute Gasteiger partial charge is 0.139 e. The lowest BCUT2D eigenvalue weighted by atomic mass is 9.91. The molecule has 0 amide bonds. The third-order valence-electron chi connectivity index (χ3n) is 8.14. The van der Waals surface area contributed by atoms with Gasteiger partial charge >= 0.3 is 0 Å². The van der Waals surface area contributed by atoms with Crippen molar-refractivity contribution in [3.05, 3.63) is 58.6 Å². The van der Waals surface area contributed by atoms with Gasteiger partial charge in [-0.1, -0.05) is 23.7 Å². The van der Waals surface area contributed by atoms with E-state index in [0.29, 0.717) is 18.1 Å². The molecule has 7 heteroatoms. The number of likely N-dealkylation sites (tertiary alicyclic amines) is 2. The average Bonchev–Trinajstić information content (AvgIpc) is 3.28. The number of hydrogen-bond donors (Lipinski definition) is 0. The summed E-state index contributed by atoms with van der Waals surface area (Å²) >= 11 is 7.17. The predicted octanol–water partition coefficient (Wildman–Crippen LogP) is 4.87. The Morgan fingerprint density at radius 3 is 2.36 bits per heavy atom. The fourth-order valence-corrected chi connectivity index (χ4v) is 6.94. The highest BCUT2D eigenvalue weighted by Gasteiger charge is 2.40. The van der Waals surface area contributed by atoms with Gasteiger partial charge < -0.3 is 9.80 Å². The first kappa shape index (κ1) is 21.4. The molecule has 3 fully saturated rings. The van der Waals surface area contributed by atoms with E-state index in [0.717, 1.165) is 48.8 Å². The SMILES string of the molecule is Cc1cccnc1[C@@H]1CCC[C@H](c2nc3cccc(N4C5CCC4CN(C)C5)n3c2Cl)N1C. The van der Waals surface area contributed by atoms with Gasteiger partial charge in [-0.25, -0.2) is 4.98 Å². The third kappa shape index (κ3) is 3.46. The van der Waals surface area contributed by atoms with Crippen LogP contribution in [0.25, 0.3) is 5.65 Å². The van der Waals surface area contributed by atoms with E-state index in [-0.39, 0.29) is 6.04 Å². The largest absolute Gasteiger partial charge is 0.349 e. The van der Waals surface area contributed by atoms with Crippen molar-refractivity contribution in [1.29, 1.82) is 0 Å². The van der Waals surface area contributed by atoms with Crippen LogP contribution in [-0.2, 0) is 0 Å². The van der Waals surface area contributed by atoms with Crippen LogP contribution in [0.2, 0.25) is 5.15 Å². The lowest BCUT2D eigenvalue weighted by Crippen LogP contribution is -2.53. The minimum atomic E-state index is 0.189. The van der Waals surface area contributed by atoms with E-state index in [1.54, 1.807) is 0 Å². The van der Waals surface area contributed by atoms with E-state index in [9.17, 15) is 0 Å². The van der Waals surface area contributed by atoms with Crippen molar-refractivity contribution >= 4 is 23.1 Å². The summed E-state index contributed by atoms with van der Waals surface area (Å²) in [5, 5.41) is 0.772. The Hall–Kier alpha value is -2.15. The number of likely N-dealkylation sites (N-methyl/N-ethyl adjacent to an activating group) is 1. The topological polar surface area (TPSA) is 39.9 Å². The minimum absolute atomic E-state index is 0.189. The van der Waals surface area contributed by atoms with Crippen LogP contribution < -0.4 is 4.90 Å². The van der Waals surface area contributed by atoms with Gasteiger partial charge in [0.25, 0.3) is 0 Å². The van der Waals surface area contributed by atoms with Crippen LogP contribution in [0, 0.1) is 6.92 Å². The lowest BCUT2D eigenvalue weighted by Gasteiger charge is -2.41. The summed E-state index contributed by atoms with van der Waals surface area (Å²) in [5.41, 5.74) is 4.39. The Kier molecular flexibility index (Phi) is 5.35. The molecule has 0 radical (unpaired) electrons. The van der Waals surface area contributed by atoms with E-state index in [1.165, 1.54) is 29.9 Å². The zero-order valence-corrected chi connectivity index (χ0v) is 20.5. The number of hydrogen-bond acceptors (Lipinski definition) is 5. The average molecular weight is 465 g/mol. The van der Waals surface area contributed by atoms with Crippen molar-refractivity contribution in [3.63, 3.8) is 0 Å². The van der Waals surface area contributed by atoms with Gasteiger partial charge in [-0.2, -0.15) is 0 Å². The molecule has 3 aromatic heterocycles. The Morgan fingerprint density at radius 1 is 0.909 bits per heavy atom. The molecule has 174 valence electrons. The van der Waals surface area contributed by atoms with Gasteiger partial charge in [-0.3, -0.25) is 14.3 Å². The normalized spacial score (nSPS) is 28.7. The van der Waals surface area contributed by atoms with Gasteiger partial charge in [0.15, 0.2) is 0 Å². The molecule has 3 aromatic rings. The molecule has 6 rings (SSSR count). The monoisotopic (exact) mass is 464 g/mol. The standard InChI is InChI=1S/C26H33ClN6/c1-17-7-6-14-28-24(17)20-8-4-9-21(31(20)3)25-26(27)33-22(29-25)10-5-11-23(33)32-18-12-13-19(32)16-30(2)15-18/h5-7,10-11,14,18-21H,4,8-9,12-13,15-16H2,1-3H3/t18?,19?,20-,21+/m0/s1. The second-order valence-electron chi connectivity index (χ2n) is 10.2. The number of aromatic nitrogens is 3. The Morgan fingerprint density at radius 2 is 1.64 bits per heavy atom. The second kappa shape index (κ2) is 8.26. The molecule has 0 aromatic carbocycles. The van der Waals surface area contributed by atoms with Crippen molar-refractivity contribution in [2.24, 2.45) is 0 Å². The molecule has 33 heavy (non-hydrogen) atoms. The number of pyridine rings is 2. The van der Waals surface area contributed by atoms with Crippen LogP contribution in [0.15, 0.2) is 36.5 Å².